The Balaban J connectivity index is 1.82. The lowest BCUT2D eigenvalue weighted by atomic mass is 9.69. The number of fused-ring (bicyclic) bond motifs is 1. The van der Waals surface area contributed by atoms with Crippen molar-refractivity contribution in [1.82, 2.24) is 4.90 Å². The first kappa shape index (κ1) is 16.8. The van der Waals surface area contributed by atoms with E-state index in [0.29, 0.717) is 30.3 Å². The fourth-order valence-corrected chi connectivity index (χ4v) is 4.06. The molecule has 0 bridgehead atoms. The molecule has 24 heavy (non-hydrogen) atoms. The van der Waals surface area contributed by atoms with Crippen molar-refractivity contribution in [3.8, 4) is 0 Å². The van der Waals surface area contributed by atoms with Crippen molar-refractivity contribution in [2.75, 3.05) is 19.4 Å². The van der Waals surface area contributed by atoms with Gasteiger partial charge in [0.05, 0.1) is 17.6 Å². The van der Waals surface area contributed by atoms with Gasteiger partial charge in [0.1, 0.15) is 0 Å². The molecule has 1 aromatic carbocycles. The largest absolute Gasteiger partial charge is 0.466 e. The fourth-order valence-electron chi connectivity index (χ4n) is 4.06. The van der Waals surface area contributed by atoms with E-state index in [1.54, 1.807) is 4.90 Å². The summed E-state index contributed by atoms with van der Waals surface area (Å²) in [6, 6.07) is 3.92. The van der Waals surface area contributed by atoms with Crippen LogP contribution in [0.2, 0.25) is 0 Å². The number of rotatable bonds is 3. The predicted octanol–water partition coefficient (Wildman–Crippen LogP) is 3.08. The molecule has 0 aromatic heterocycles. The van der Waals surface area contributed by atoms with E-state index in [1.165, 1.54) is 5.56 Å². The average molecular weight is 330 g/mol. The Hall–Kier alpha value is -2.04. The normalized spacial score (nSPS) is 26.4. The van der Waals surface area contributed by atoms with Gasteiger partial charge in [-0.25, -0.2) is 0 Å². The predicted molar refractivity (Wildman–Crippen MR) is 92.6 cm³/mol. The number of amides is 1. The van der Waals surface area contributed by atoms with E-state index in [0.717, 1.165) is 31.2 Å². The molecule has 2 aliphatic rings. The van der Waals surface area contributed by atoms with Crippen molar-refractivity contribution in [3.63, 3.8) is 0 Å². The monoisotopic (exact) mass is 330 g/mol. The highest BCUT2D eigenvalue weighted by Crippen LogP contribution is 2.46. The van der Waals surface area contributed by atoms with Crippen LogP contribution < -0.4 is 5.73 Å². The topological polar surface area (TPSA) is 72.6 Å². The summed E-state index contributed by atoms with van der Waals surface area (Å²) in [5.74, 6) is 0.304. The Bertz CT molecular complexity index is 675. The Labute approximate surface area is 143 Å². The second-order valence-corrected chi connectivity index (χ2v) is 7.31. The minimum absolute atomic E-state index is 0.0107. The van der Waals surface area contributed by atoms with Gasteiger partial charge in [0.15, 0.2) is 0 Å². The molecule has 3 rings (SSSR count). The highest BCUT2D eigenvalue weighted by molar-refractivity contribution is 6.03. The minimum atomic E-state index is -0.379. The number of carbonyl (C=O) groups is 2. The maximum atomic E-state index is 12.3. The van der Waals surface area contributed by atoms with Crippen LogP contribution in [0.15, 0.2) is 12.1 Å². The van der Waals surface area contributed by atoms with Crippen LogP contribution in [0.4, 0.5) is 5.69 Å². The number of ether oxygens (including phenoxy) is 1. The summed E-state index contributed by atoms with van der Waals surface area (Å²) in [5, 5.41) is 0. The van der Waals surface area contributed by atoms with E-state index >= 15 is 0 Å². The Kier molecular flexibility index (Phi) is 4.28. The van der Waals surface area contributed by atoms with Gasteiger partial charge in [0, 0.05) is 19.3 Å². The van der Waals surface area contributed by atoms with Crippen LogP contribution in [-0.4, -0.2) is 30.4 Å². The molecule has 1 aromatic rings. The first-order valence-corrected chi connectivity index (χ1v) is 8.71. The number of esters is 1. The second-order valence-electron chi connectivity index (χ2n) is 7.31. The number of nitrogen functional groups attached to an aromatic ring is 1. The Morgan fingerprint density at radius 1 is 1.38 bits per heavy atom. The molecule has 0 spiro atoms. The molecule has 0 saturated heterocycles. The van der Waals surface area contributed by atoms with Crippen LogP contribution >= 0.6 is 0 Å². The maximum Gasteiger partial charge on any atom is 0.311 e. The van der Waals surface area contributed by atoms with Crippen molar-refractivity contribution in [3.05, 3.63) is 28.8 Å². The van der Waals surface area contributed by atoms with E-state index in [9.17, 15) is 9.59 Å². The zero-order valence-electron chi connectivity index (χ0n) is 14.7. The van der Waals surface area contributed by atoms with Gasteiger partial charge in [-0.05, 0) is 62.6 Å². The molecule has 1 aliphatic carbocycles. The van der Waals surface area contributed by atoms with E-state index in [4.69, 9.17) is 10.5 Å². The van der Waals surface area contributed by atoms with Crippen LogP contribution in [0.25, 0.3) is 0 Å². The van der Waals surface area contributed by atoms with Crippen LogP contribution in [0.1, 0.15) is 66.9 Å². The summed E-state index contributed by atoms with van der Waals surface area (Å²) in [6.07, 6.45) is 3.51. The number of hydrogen-bond acceptors (Lipinski definition) is 4. The van der Waals surface area contributed by atoms with Crippen molar-refractivity contribution >= 4 is 17.6 Å². The van der Waals surface area contributed by atoms with Gasteiger partial charge in [-0.15, -0.1) is 0 Å². The Morgan fingerprint density at radius 2 is 2.04 bits per heavy atom. The summed E-state index contributed by atoms with van der Waals surface area (Å²) in [6.45, 7) is 4.90. The van der Waals surface area contributed by atoms with Gasteiger partial charge in [-0.3, -0.25) is 9.59 Å². The molecule has 0 unspecified atom stereocenters. The van der Waals surface area contributed by atoms with Crippen LogP contribution in [0.5, 0.6) is 0 Å². The molecule has 5 heteroatoms. The van der Waals surface area contributed by atoms with Crippen molar-refractivity contribution in [2.24, 2.45) is 5.41 Å². The van der Waals surface area contributed by atoms with Gasteiger partial charge in [-0.2, -0.15) is 0 Å². The molecule has 1 saturated carbocycles. The molecular formula is C19H26N2O3. The molecule has 5 nitrogen and oxygen atoms in total. The van der Waals surface area contributed by atoms with Gasteiger partial charge >= 0.3 is 5.97 Å². The number of hydrogen-bond donors (Lipinski definition) is 1. The third kappa shape index (κ3) is 2.66. The first-order valence-electron chi connectivity index (χ1n) is 8.71. The smallest absolute Gasteiger partial charge is 0.311 e. The van der Waals surface area contributed by atoms with Crippen LogP contribution in [-0.2, 0) is 16.1 Å². The molecule has 1 fully saturated rings. The summed E-state index contributed by atoms with van der Waals surface area (Å²) < 4.78 is 5.24. The summed E-state index contributed by atoms with van der Waals surface area (Å²) in [7, 11) is 1.81. The molecule has 130 valence electrons. The first-order chi connectivity index (χ1) is 11.4. The van der Waals surface area contributed by atoms with E-state index < -0.39 is 0 Å². The molecule has 2 N–H and O–H groups in total. The van der Waals surface area contributed by atoms with Gasteiger partial charge < -0.3 is 15.4 Å². The third-order valence-corrected chi connectivity index (χ3v) is 5.63. The zero-order valence-corrected chi connectivity index (χ0v) is 14.7. The number of nitrogens with two attached hydrogens (primary N) is 1. The highest BCUT2D eigenvalue weighted by Gasteiger charge is 2.40. The quantitative estimate of drug-likeness (QED) is 0.683. The Morgan fingerprint density at radius 3 is 2.67 bits per heavy atom. The van der Waals surface area contributed by atoms with Crippen LogP contribution in [0, 0.1) is 5.41 Å². The second kappa shape index (κ2) is 6.11. The third-order valence-electron chi connectivity index (χ3n) is 5.63. The molecule has 1 amide bonds. The number of carbonyl (C=O) groups excluding carboxylic acids is 2. The zero-order chi connectivity index (χ0) is 17.5. The van der Waals surface area contributed by atoms with Crippen molar-refractivity contribution in [1.29, 1.82) is 0 Å². The lowest BCUT2D eigenvalue weighted by Gasteiger charge is -2.36. The fraction of sp³-hybridized carbons (Fsp3) is 0.579. The lowest BCUT2D eigenvalue weighted by molar-refractivity contribution is -0.156. The van der Waals surface area contributed by atoms with E-state index in [2.05, 4.69) is 6.07 Å². The number of benzene rings is 1. The molecular weight excluding hydrogens is 304 g/mol. The van der Waals surface area contributed by atoms with Crippen molar-refractivity contribution < 1.29 is 14.3 Å². The maximum absolute atomic E-state index is 12.3. The number of anilines is 1. The minimum Gasteiger partial charge on any atom is -0.466 e. The summed E-state index contributed by atoms with van der Waals surface area (Å²) in [5.41, 5.74) is 9.19. The van der Waals surface area contributed by atoms with Gasteiger partial charge in [0.25, 0.3) is 5.91 Å². The molecule has 1 aliphatic heterocycles. The lowest BCUT2D eigenvalue weighted by Crippen LogP contribution is -2.34. The summed E-state index contributed by atoms with van der Waals surface area (Å²) in [4.78, 5) is 26.2. The highest BCUT2D eigenvalue weighted by atomic mass is 16.5. The van der Waals surface area contributed by atoms with Crippen LogP contribution in [0.3, 0.4) is 0 Å². The standard InChI is InChI=1S/C19H26N2O3/c1-4-24-18(23)19(2)9-7-12(8-10-19)13-5-6-15(20)16-14(13)11-21(3)17(16)22/h5-6,12H,4,7-11,20H2,1-3H3/t12-,19+. The van der Waals surface area contributed by atoms with Crippen molar-refractivity contribution in [2.45, 2.75) is 52.0 Å². The average Bonchev–Trinajstić information content (AvgIpc) is 2.85. The number of nitrogens with zero attached hydrogens (tertiary/aromatic N) is 1. The van der Waals surface area contributed by atoms with E-state index in [1.807, 2.05) is 27.0 Å². The summed E-state index contributed by atoms with van der Waals surface area (Å²) >= 11 is 0. The molecule has 0 radical (unpaired) electrons. The molecule has 1 heterocycles. The SMILES string of the molecule is CCOC(=O)[C@]1(C)CC[C@H](c2ccc(N)c3c2CN(C)C3=O)CC1. The van der Waals surface area contributed by atoms with Gasteiger partial charge in [-0.1, -0.05) is 6.07 Å². The van der Waals surface area contributed by atoms with E-state index in [-0.39, 0.29) is 17.3 Å². The van der Waals surface area contributed by atoms with Gasteiger partial charge in [0.2, 0.25) is 0 Å². The molecule has 0 atom stereocenters.